The van der Waals surface area contributed by atoms with Crippen LogP contribution < -0.4 is 15.5 Å². The highest BCUT2D eigenvalue weighted by Crippen LogP contribution is 2.34. The Hall–Kier alpha value is -4.70. The highest BCUT2D eigenvalue weighted by atomic mass is 16.5. The number of aromatic nitrogens is 3. The molecule has 0 bridgehead atoms. The van der Waals surface area contributed by atoms with E-state index >= 15 is 0 Å². The zero-order chi connectivity index (χ0) is 29.7. The van der Waals surface area contributed by atoms with Crippen LogP contribution in [0.4, 0.5) is 23.0 Å². The van der Waals surface area contributed by atoms with Crippen LogP contribution in [0.25, 0.3) is 22.2 Å². The molecule has 0 saturated carbocycles. The van der Waals surface area contributed by atoms with Crippen LogP contribution in [0.2, 0.25) is 0 Å². The third-order valence-electron chi connectivity index (χ3n) is 6.52. The number of hydrogen-bond donors (Lipinski definition) is 3. The third-order valence-corrected chi connectivity index (χ3v) is 6.52. The quantitative estimate of drug-likeness (QED) is 0.167. The molecule has 41 heavy (non-hydrogen) atoms. The molecule has 0 unspecified atom stereocenters. The summed E-state index contributed by atoms with van der Waals surface area (Å²) in [7, 11) is 6.02. The monoisotopic (exact) mass is 555 g/mol. The Labute approximate surface area is 240 Å². The number of hydrogen-bond acceptors (Lipinski definition) is 8. The third kappa shape index (κ3) is 6.90. The molecule has 2 heterocycles. The number of rotatable bonds is 11. The maximum absolute atomic E-state index is 13.0. The summed E-state index contributed by atoms with van der Waals surface area (Å²) in [6.07, 6.45) is 4.26. The van der Waals surface area contributed by atoms with Crippen LogP contribution in [0.1, 0.15) is 29.8 Å². The summed E-state index contributed by atoms with van der Waals surface area (Å²) in [5.41, 5.74) is 5.52. The first-order valence-corrected chi connectivity index (χ1v) is 13.4. The Bertz CT molecular complexity index is 1580. The van der Waals surface area contributed by atoms with E-state index in [1.807, 2.05) is 70.7 Å². The number of para-hydroxylation sites is 1. The molecule has 0 spiro atoms. The number of aromatic amines is 1. The van der Waals surface area contributed by atoms with Crippen molar-refractivity contribution in [3.05, 3.63) is 72.6 Å². The number of ether oxygens (including phenoxy) is 1. The molecule has 0 fully saturated rings. The van der Waals surface area contributed by atoms with E-state index in [9.17, 15) is 9.59 Å². The molecule has 4 aromatic rings. The Morgan fingerprint density at radius 2 is 1.88 bits per heavy atom. The number of carbonyl (C=O) groups excluding carboxylic acids is 2. The zero-order valence-corrected chi connectivity index (χ0v) is 24.4. The van der Waals surface area contributed by atoms with Crippen molar-refractivity contribution in [3.8, 4) is 11.3 Å². The number of benzene rings is 2. The molecule has 10 heteroatoms. The van der Waals surface area contributed by atoms with Crippen LogP contribution in [-0.4, -0.2) is 72.1 Å². The maximum atomic E-state index is 13.0. The molecule has 0 atom stereocenters. The van der Waals surface area contributed by atoms with Gasteiger partial charge in [0.2, 0.25) is 11.9 Å². The van der Waals surface area contributed by atoms with Gasteiger partial charge >= 0.3 is 5.97 Å². The van der Waals surface area contributed by atoms with E-state index < -0.39 is 5.97 Å². The minimum Gasteiger partial charge on any atom is -0.459 e. The number of likely N-dealkylation sites (N-methyl/N-ethyl adjacent to an activating group) is 2. The van der Waals surface area contributed by atoms with Gasteiger partial charge < -0.3 is 30.2 Å². The van der Waals surface area contributed by atoms with E-state index in [0.717, 1.165) is 40.8 Å². The fourth-order valence-electron chi connectivity index (χ4n) is 4.36. The summed E-state index contributed by atoms with van der Waals surface area (Å²) in [5.74, 6) is -0.514. The second-order valence-electron chi connectivity index (χ2n) is 10.4. The van der Waals surface area contributed by atoms with Crippen molar-refractivity contribution in [3.63, 3.8) is 0 Å². The topological polar surface area (TPSA) is 115 Å². The molecular weight excluding hydrogens is 518 g/mol. The predicted octanol–water partition coefficient (Wildman–Crippen LogP) is 5.36. The summed E-state index contributed by atoms with van der Waals surface area (Å²) in [6.45, 7) is 10.8. The lowest BCUT2D eigenvalue weighted by Crippen LogP contribution is -2.29. The number of aryl methyl sites for hydroxylation is 1. The SMILES string of the molecule is C=CC(=O)Nc1cc(Nc2ncc(C(=O)OC(C)C)c(-c3c[nH]c4ccccc34)n2)c(C)cc1N(C)CCN(C)C. The summed E-state index contributed by atoms with van der Waals surface area (Å²) < 4.78 is 5.49. The number of nitrogens with one attached hydrogen (secondary N) is 3. The van der Waals surface area contributed by atoms with Crippen LogP contribution in [-0.2, 0) is 9.53 Å². The van der Waals surface area contributed by atoms with Gasteiger partial charge in [-0.05, 0) is 64.7 Å². The number of H-pyrrole nitrogens is 1. The second-order valence-corrected chi connectivity index (χ2v) is 10.4. The lowest BCUT2D eigenvalue weighted by atomic mass is 10.1. The van der Waals surface area contributed by atoms with Gasteiger partial charge in [0.1, 0.15) is 5.56 Å². The Morgan fingerprint density at radius 1 is 1.12 bits per heavy atom. The molecule has 1 amide bonds. The van der Waals surface area contributed by atoms with Crippen LogP contribution in [0, 0.1) is 6.92 Å². The maximum Gasteiger partial charge on any atom is 0.342 e. The van der Waals surface area contributed by atoms with E-state index in [4.69, 9.17) is 9.72 Å². The number of esters is 1. The van der Waals surface area contributed by atoms with Crippen molar-refractivity contribution in [1.82, 2.24) is 19.9 Å². The Morgan fingerprint density at radius 3 is 2.59 bits per heavy atom. The van der Waals surface area contributed by atoms with Crippen LogP contribution in [0.5, 0.6) is 0 Å². The summed E-state index contributed by atoms with van der Waals surface area (Å²) in [4.78, 5) is 42.0. The van der Waals surface area contributed by atoms with Gasteiger partial charge in [0, 0.05) is 54.7 Å². The van der Waals surface area contributed by atoms with Gasteiger partial charge in [0.05, 0.1) is 23.2 Å². The zero-order valence-electron chi connectivity index (χ0n) is 24.4. The van der Waals surface area contributed by atoms with E-state index in [1.165, 1.54) is 12.3 Å². The van der Waals surface area contributed by atoms with Gasteiger partial charge in [-0.25, -0.2) is 14.8 Å². The van der Waals surface area contributed by atoms with Crippen LogP contribution in [0.3, 0.4) is 0 Å². The van der Waals surface area contributed by atoms with Crippen molar-refractivity contribution < 1.29 is 14.3 Å². The second kappa shape index (κ2) is 12.6. The average Bonchev–Trinajstić information content (AvgIpc) is 3.37. The van der Waals surface area contributed by atoms with Gasteiger partial charge in [0.25, 0.3) is 0 Å². The van der Waals surface area contributed by atoms with Gasteiger partial charge in [-0.15, -0.1) is 0 Å². The molecule has 0 aliphatic rings. The first kappa shape index (κ1) is 29.3. The lowest BCUT2D eigenvalue weighted by Gasteiger charge is -2.25. The normalized spacial score (nSPS) is 11.1. The van der Waals surface area contributed by atoms with Gasteiger partial charge in [-0.3, -0.25) is 4.79 Å². The van der Waals surface area contributed by atoms with E-state index in [0.29, 0.717) is 23.0 Å². The van der Waals surface area contributed by atoms with Crippen molar-refractivity contribution in [2.24, 2.45) is 0 Å². The van der Waals surface area contributed by atoms with Gasteiger partial charge in [-0.2, -0.15) is 0 Å². The van der Waals surface area contributed by atoms with E-state index in [-0.39, 0.29) is 17.6 Å². The molecule has 0 saturated heterocycles. The molecule has 214 valence electrons. The molecule has 0 aliphatic carbocycles. The average molecular weight is 556 g/mol. The van der Waals surface area contributed by atoms with Gasteiger partial charge in [-0.1, -0.05) is 24.8 Å². The van der Waals surface area contributed by atoms with Crippen LogP contribution >= 0.6 is 0 Å². The molecule has 0 radical (unpaired) electrons. The Kier molecular flexibility index (Phi) is 9.04. The fraction of sp³-hybridized carbons (Fsp3) is 0.290. The molecule has 3 N–H and O–H groups in total. The molecule has 2 aromatic heterocycles. The number of fused-ring (bicyclic) bond motifs is 1. The summed E-state index contributed by atoms with van der Waals surface area (Å²) >= 11 is 0. The molecule has 0 aliphatic heterocycles. The first-order valence-electron chi connectivity index (χ1n) is 13.4. The predicted molar refractivity (Wildman–Crippen MR) is 165 cm³/mol. The number of nitrogens with zero attached hydrogens (tertiary/aromatic N) is 4. The largest absolute Gasteiger partial charge is 0.459 e. The standard InChI is InChI=1S/C31H37N7O3/c1-8-28(39)34-26-16-25(20(4)15-27(26)38(7)14-13-37(5)6)35-31-33-18-23(30(40)41-19(2)3)29(36-31)22-17-32-24-12-10-9-11-21(22)24/h8-12,15-19,32H,1,13-14H2,2-7H3,(H,34,39)(H,33,35,36). The molecule has 4 rings (SSSR count). The van der Waals surface area contributed by atoms with Crippen molar-refractivity contribution in [2.75, 3.05) is 49.8 Å². The number of anilines is 4. The lowest BCUT2D eigenvalue weighted by molar-refractivity contribution is -0.111. The Balaban J connectivity index is 1.76. The fourth-order valence-corrected chi connectivity index (χ4v) is 4.36. The van der Waals surface area contributed by atoms with Crippen molar-refractivity contribution in [1.29, 1.82) is 0 Å². The number of carbonyl (C=O) groups is 2. The van der Waals surface area contributed by atoms with Crippen molar-refractivity contribution in [2.45, 2.75) is 26.9 Å². The van der Waals surface area contributed by atoms with E-state index in [2.05, 4.69) is 37.0 Å². The molecule has 2 aromatic carbocycles. The smallest absolute Gasteiger partial charge is 0.342 e. The molecular formula is C31H37N7O3. The highest BCUT2D eigenvalue weighted by molar-refractivity contribution is 6.03. The minimum absolute atomic E-state index is 0.266. The number of amides is 1. The summed E-state index contributed by atoms with van der Waals surface area (Å²) in [5, 5.41) is 7.13. The highest BCUT2D eigenvalue weighted by Gasteiger charge is 2.22. The van der Waals surface area contributed by atoms with Crippen molar-refractivity contribution >= 4 is 45.8 Å². The molecule has 10 nitrogen and oxygen atoms in total. The van der Waals surface area contributed by atoms with Gasteiger partial charge in [0.15, 0.2) is 0 Å². The minimum atomic E-state index is -0.498. The van der Waals surface area contributed by atoms with Crippen LogP contribution in [0.15, 0.2) is 61.4 Å². The first-order chi connectivity index (χ1) is 19.6. The summed E-state index contributed by atoms with van der Waals surface area (Å²) in [6, 6.07) is 11.7. The van der Waals surface area contributed by atoms with E-state index in [1.54, 1.807) is 13.8 Å².